The molecule has 15 heavy (non-hydrogen) atoms. The number of anilines is 1. The van der Waals surface area contributed by atoms with Crippen LogP contribution in [-0.2, 0) is 0 Å². The van der Waals surface area contributed by atoms with Crippen LogP contribution in [0.15, 0.2) is 18.2 Å². The fourth-order valence-electron chi connectivity index (χ4n) is 1.50. The SMILES string of the molecule is CNc1cccc(C(=O)N(C)C2CC2)n1. The molecule has 1 N–H and O–H groups in total. The summed E-state index contributed by atoms with van der Waals surface area (Å²) < 4.78 is 0. The van der Waals surface area contributed by atoms with Crippen LogP contribution in [0.5, 0.6) is 0 Å². The molecule has 0 saturated heterocycles. The van der Waals surface area contributed by atoms with Gasteiger partial charge in [0.1, 0.15) is 11.5 Å². The Morgan fingerprint density at radius 1 is 1.53 bits per heavy atom. The molecule has 2 rings (SSSR count). The van der Waals surface area contributed by atoms with Gasteiger partial charge in [0.15, 0.2) is 0 Å². The van der Waals surface area contributed by atoms with E-state index in [0.717, 1.165) is 18.7 Å². The summed E-state index contributed by atoms with van der Waals surface area (Å²) >= 11 is 0. The molecule has 0 radical (unpaired) electrons. The molecule has 1 aromatic rings. The van der Waals surface area contributed by atoms with E-state index >= 15 is 0 Å². The molecule has 4 nitrogen and oxygen atoms in total. The largest absolute Gasteiger partial charge is 0.373 e. The number of hydrogen-bond donors (Lipinski definition) is 1. The Balaban J connectivity index is 2.16. The third kappa shape index (κ3) is 2.09. The van der Waals surface area contributed by atoms with Crippen molar-refractivity contribution in [3.05, 3.63) is 23.9 Å². The summed E-state index contributed by atoms with van der Waals surface area (Å²) in [7, 11) is 3.63. The second-order valence-corrected chi connectivity index (χ2v) is 3.81. The molecular formula is C11H15N3O. The predicted molar refractivity (Wildman–Crippen MR) is 58.9 cm³/mol. The lowest BCUT2D eigenvalue weighted by molar-refractivity contribution is 0.0779. The highest BCUT2D eigenvalue weighted by Gasteiger charge is 2.30. The summed E-state index contributed by atoms with van der Waals surface area (Å²) in [5, 5.41) is 2.92. The van der Waals surface area contributed by atoms with Crippen LogP contribution in [0.2, 0.25) is 0 Å². The first-order valence-corrected chi connectivity index (χ1v) is 5.14. The standard InChI is InChI=1S/C11H15N3O/c1-12-10-5-3-4-9(13-10)11(15)14(2)8-6-7-8/h3-5,8H,6-7H2,1-2H3,(H,12,13). The van der Waals surface area contributed by atoms with Crippen LogP contribution in [-0.4, -0.2) is 35.9 Å². The summed E-state index contributed by atoms with van der Waals surface area (Å²) in [6.45, 7) is 0. The van der Waals surface area contributed by atoms with Crippen LogP contribution in [0.25, 0.3) is 0 Å². The number of nitrogens with one attached hydrogen (secondary N) is 1. The maximum atomic E-state index is 11.9. The zero-order valence-electron chi connectivity index (χ0n) is 9.03. The van der Waals surface area contributed by atoms with Gasteiger partial charge >= 0.3 is 0 Å². The van der Waals surface area contributed by atoms with Crippen molar-refractivity contribution in [2.45, 2.75) is 18.9 Å². The lowest BCUT2D eigenvalue weighted by Crippen LogP contribution is -2.29. The Labute approximate surface area is 89.3 Å². The highest BCUT2D eigenvalue weighted by atomic mass is 16.2. The van der Waals surface area contributed by atoms with Crippen molar-refractivity contribution in [1.29, 1.82) is 0 Å². The monoisotopic (exact) mass is 205 g/mol. The fourth-order valence-corrected chi connectivity index (χ4v) is 1.50. The number of pyridine rings is 1. The van der Waals surface area contributed by atoms with Gasteiger partial charge in [-0.3, -0.25) is 4.79 Å². The van der Waals surface area contributed by atoms with Gasteiger partial charge in [-0.1, -0.05) is 6.07 Å². The topological polar surface area (TPSA) is 45.2 Å². The predicted octanol–water partition coefficient (Wildman–Crippen LogP) is 1.36. The Hall–Kier alpha value is -1.58. The Morgan fingerprint density at radius 2 is 2.27 bits per heavy atom. The van der Waals surface area contributed by atoms with Crippen molar-refractivity contribution in [1.82, 2.24) is 9.88 Å². The van der Waals surface area contributed by atoms with Gasteiger partial charge in [0, 0.05) is 20.1 Å². The van der Waals surface area contributed by atoms with Gasteiger partial charge in [0.25, 0.3) is 5.91 Å². The van der Waals surface area contributed by atoms with Gasteiger partial charge in [-0.25, -0.2) is 4.98 Å². The van der Waals surface area contributed by atoms with Crippen LogP contribution in [0.1, 0.15) is 23.3 Å². The van der Waals surface area contributed by atoms with Crippen molar-refractivity contribution >= 4 is 11.7 Å². The van der Waals surface area contributed by atoms with Crippen LogP contribution < -0.4 is 5.32 Å². The molecule has 0 spiro atoms. The van der Waals surface area contributed by atoms with Crippen LogP contribution in [0, 0.1) is 0 Å². The Kier molecular flexibility index (Phi) is 2.58. The molecule has 1 saturated carbocycles. The molecule has 1 aliphatic rings. The lowest BCUT2D eigenvalue weighted by atomic mass is 10.3. The van der Waals surface area contributed by atoms with E-state index < -0.39 is 0 Å². The Morgan fingerprint density at radius 3 is 2.87 bits per heavy atom. The number of amides is 1. The zero-order chi connectivity index (χ0) is 10.8. The number of aromatic nitrogens is 1. The van der Waals surface area contributed by atoms with E-state index in [9.17, 15) is 4.79 Å². The lowest BCUT2D eigenvalue weighted by Gasteiger charge is -2.15. The smallest absolute Gasteiger partial charge is 0.272 e. The summed E-state index contributed by atoms with van der Waals surface area (Å²) in [6.07, 6.45) is 2.24. The van der Waals surface area contributed by atoms with E-state index in [0.29, 0.717) is 11.7 Å². The van der Waals surface area contributed by atoms with Crippen LogP contribution >= 0.6 is 0 Å². The van der Waals surface area contributed by atoms with Gasteiger partial charge in [-0.05, 0) is 25.0 Å². The molecule has 1 amide bonds. The number of carbonyl (C=O) groups is 1. The second kappa shape index (κ2) is 3.88. The highest BCUT2D eigenvalue weighted by molar-refractivity contribution is 5.92. The number of hydrogen-bond acceptors (Lipinski definition) is 3. The second-order valence-electron chi connectivity index (χ2n) is 3.81. The molecule has 0 unspecified atom stereocenters. The summed E-state index contributed by atoms with van der Waals surface area (Å²) in [4.78, 5) is 17.9. The molecular weight excluding hydrogens is 190 g/mol. The molecule has 1 aromatic heterocycles. The summed E-state index contributed by atoms with van der Waals surface area (Å²) in [6, 6.07) is 5.86. The fraction of sp³-hybridized carbons (Fsp3) is 0.455. The van der Waals surface area contributed by atoms with E-state index in [2.05, 4.69) is 10.3 Å². The average molecular weight is 205 g/mol. The summed E-state index contributed by atoms with van der Waals surface area (Å²) in [5.74, 6) is 0.736. The van der Waals surface area contributed by atoms with E-state index in [4.69, 9.17) is 0 Å². The molecule has 0 bridgehead atoms. The number of rotatable bonds is 3. The highest BCUT2D eigenvalue weighted by Crippen LogP contribution is 2.26. The minimum absolute atomic E-state index is 0.00889. The first-order chi connectivity index (χ1) is 7.22. The van der Waals surface area contributed by atoms with Crippen LogP contribution in [0.3, 0.4) is 0 Å². The van der Waals surface area contributed by atoms with Gasteiger partial charge < -0.3 is 10.2 Å². The van der Waals surface area contributed by atoms with E-state index in [-0.39, 0.29) is 5.91 Å². The van der Waals surface area contributed by atoms with Gasteiger partial charge in [-0.15, -0.1) is 0 Å². The Bertz CT molecular complexity index is 374. The van der Waals surface area contributed by atoms with Crippen molar-refractivity contribution < 1.29 is 4.79 Å². The van der Waals surface area contributed by atoms with E-state index in [1.165, 1.54) is 0 Å². The van der Waals surface area contributed by atoms with Crippen LogP contribution in [0.4, 0.5) is 5.82 Å². The van der Waals surface area contributed by atoms with Gasteiger partial charge in [-0.2, -0.15) is 0 Å². The molecule has 0 aromatic carbocycles. The van der Waals surface area contributed by atoms with Crippen molar-refractivity contribution in [3.8, 4) is 0 Å². The zero-order valence-corrected chi connectivity index (χ0v) is 9.03. The minimum Gasteiger partial charge on any atom is -0.373 e. The molecule has 1 fully saturated rings. The normalized spacial score (nSPS) is 14.8. The molecule has 0 atom stereocenters. The molecule has 80 valence electrons. The maximum absolute atomic E-state index is 11.9. The summed E-state index contributed by atoms with van der Waals surface area (Å²) in [5.41, 5.74) is 0.510. The third-order valence-corrected chi connectivity index (χ3v) is 2.64. The minimum atomic E-state index is 0.00889. The number of carbonyl (C=O) groups excluding carboxylic acids is 1. The van der Waals surface area contributed by atoms with Gasteiger partial charge in [0.2, 0.25) is 0 Å². The van der Waals surface area contributed by atoms with Crippen molar-refractivity contribution in [3.63, 3.8) is 0 Å². The van der Waals surface area contributed by atoms with Crippen molar-refractivity contribution in [2.24, 2.45) is 0 Å². The average Bonchev–Trinajstić information content (AvgIpc) is 3.11. The molecule has 1 aliphatic carbocycles. The first-order valence-electron chi connectivity index (χ1n) is 5.14. The maximum Gasteiger partial charge on any atom is 0.272 e. The van der Waals surface area contributed by atoms with E-state index in [1.54, 1.807) is 18.0 Å². The molecule has 4 heteroatoms. The quantitative estimate of drug-likeness (QED) is 0.810. The number of nitrogens with zero attached hydrogens (tertiary/aromatic N) is 2. The van der Waals surface area contributed by atoms with Gasteiger partial charge in [0.05, 0.1) is 0 Å². The molecule has 1 heterocycles. The first kappa shape index (κ1) is 9.96. The van der Waals surface area contributed by atoms with E-state index in [1.807, 2.05) is 19.2 Å². The van der Waals surface area contributed by atoms with Crippen molar-refractivity contribution in [2.75, 3.05) is 19.4 Å². The molecule has 0 aliphatic heterocycles. The third-order valence-electron chi connectivity index (χ3n) is 2.64.